The summed E-state index contributed by atoms with van der Waals surface area (Å²) in [5, 5.41) is 13.4. The van der Waals surface area contributed by atoms with Gasteiger partial charge in [-0.25, -0.2) is 4.79 Å². The predicted octanol–water partition coefficient (Wildman–Crippen LogP) is 4.24. The number of carbonyl (C=O) groups excluding carboxylic acids is 2. The molecular formula is C24H29NO5. The molecule has 1 atom stereocenters. The van der Waals surface area contributed by atoms with Crippen LogP contribution in [-0.4, -0.2) is 30.1 Å². The number of phenols is 1. The summed E-state index contributed by atoms with van der Waals surface area (Å²) in [6.07, 6.45) is 7.06. The first-order valence-corrected chi connectivity index (χ1v) is 10.8. The fraction of sp³-hybridized carbons (Fsp3) is 0.500. The summed E-state index contributed by atoms with van der Waals surface area (Å²) in [4.78, 5) is 26.3. The lowest BCUT2D eigenvalue weighted by atomic mass is 9.75. The van der Waals surface area contributed by atoms with Crippen LogP contribution in [0.1, 0.15) is 69.8 Å². The normalized spacial score (nSPS) is 22.5. The zero-order valence-corrected chi connectivity index (χ0v) is 17.6. The molecule has 6 nitrogen and oxygen atoms in total. The van der Waals surface area contributed by atoms with E-state index in [-0.39, 0.29) is 23.6 Å². The van der Waals surface area contributed by atoms with Gasteiger partial charge in [0, 0.05) is 29.3 Å². The lowest BCUT2D eigenvalue weighted by molar-refractivity contribution is -0.146. The van der Waals surface area contributed by atoms with Crippen molar-refractivity contribution < 1.29 is 24.2 Å². The average Bonchev–Trinajstić information content (AvgIpc) is 2.74. The number of hydrogen-bond donors (Lipinski definition) is 2. The van der Waals surface area contributed by atoms with Crippen molar-refractivity contribution in [2.45, 2.75) is 70.3 Å². The van der Waals surface area contributed by atoms with Crippen LogP contribution in [0.25, 0.3) is 0 Å². The minimum atomic E-state index is -0.528. The Morgan fingerprint density at radius 1 is 1.13 bits per heavy atom. The summed E-state index contributed by atoms with van der Waals surface area (Å²) in [5.41, 5.74) is 3.46. The minimum Gasteiger partial charge on any atom is -0.504 e. The molecule has 1 aliphatic heterocycles. The standard InChI is InChI=1S/C24H29NO5/c1-14-21(24(28)30-16-7-4-3-5-8-16)22(15-11-12-18(26)20(13-15)29-2)23-17(25-14)9-6-10-19(23)27/h11-13,16,22,25-26H,3-10H2,1-2H3/t22-/m1/s1. The van der Waals surface area contributed by atoms with Crippen molar-refractivity contribution in [1.82, 2.24) is 5.32 Å². The maximum atomic E-state index is 13.3. The molecule has 1 saturated carbocycles. The molecule has 30 heavy (non-hydrogen) atoms. The number of aromatic hydroxyl groups is 1. The first-order valence-electron chi connectivity index (χ1n) is 10.8. The number of ether oxygens (including phenoxy) is 2. The number of methoxy groups -OCH3 is 1. The second-order valence-corrected chi connectivity index (χ2v) is 8.36. The molecule has 0 radical (unpaired) electrons. The first-order chi connectivity index (χ1) is 14.5. The Kier molecular flexibility index (Phi) is 5.84. The number of phenolic OH excluding ortho intramolecular Hbond substituents is 1. The van der Waals surface area contributed by atoms with Crippen LogP contribution in [0.2, 0.25) is 0 Å². The maximum absolute atomic E-state index is 13.3. The molecule has 0 bridgehead atoms. The Hall–Kier alpha value is -2.76. The van der Waals surface area contributed by atoms with Crippen molar-refractivity contribution in [3.05, 3.63) is 46.3 Å². The summed E-state index contributed by atoms with van der Waals surface area (Å²) in [6, 6.07) is 5.00. The highest BCUT2D eigenvalue weighted by molar-refractivity contribution is 6.03. The van der Waals surface area contributed by atoms with E-state index in [2.05, 4.69) is 5.32 Å². The third-order valence-corrected chi connectivity index (χ3v) is 6.36. The summed E-state index contributed by atoms with van der Waals surface area (Å²) < 4.78 is 11.2. The van der Waals surface area contributed by atoms with Crippen molar-refractivity contribution in [3.8, 4) is 11.5 Å². The van der Waals surface area contributed by atoms with E-state index >= 15 is 0 Å². The van der Waals surface area contributed by atoms with Crippen molar-refractivity contribution in [1.29, 1.82) is 0 Å². The number of dihydropyridines is 1. The topological polar surface area (TPSA) is 84.9 Å². The fourth-order valence-electron chi connectivity index (χ4n) is 4.86. The van der Waals surface area contributed by atoms with Crippen molar-refractivity contribution in [2.75, 3.05) is 7.11 Å². The Bertz CT molecular complexity index is 924. The van der Waals surface area contributed by atoms with E-state index in [1.807, 2.05) is 6.92 Å². The molecule has 1 fully saturated rings. The van der Waals surface area contributed by atoms with E-state index in [0.29, 0.717) is 23.3 Å². The highest BCUT2D eigenvalue weighted by atomic mass is 16.5. The molecular weight excluding hydrogens is 382 g/mol. The monoisotopic (exact) mass is 411 g/mol. The van der Waals surface area contributed by atoms with Gasteiger partial charge in [-0.15, -0.1) is 0 Å². The molecule has 0 unspecified atom stereocenters. The molecule has 6 heteroatoms. The average molecular weight is 411 g/mol. The molecule has 1 heterocycles. The molecule has 160 valence electrons. The van der Waals surface area contributed by atoms with Crippen LogP contribution >= 0.6 is 0 Å². The molecule has 3 aliphatic rings. The van der Waals surface area contributed by atoms with Gasteiger partial charge in [-0.1, -0.05) is 12.5 Å². The van der Waals surface area contributed by atoms with E-state index in [0.717, 1.165) is 55.5 Å². The van der Waals surface area contributed by atoms with E-state index in [1.165, 1.54) is 13.5 Å². The van der Waals surface area contributed by atoms with Gasteiger partial charge in [0.1, 0.15) is 6.10 Å². The summed E-state index contributed by atoms with van der Waals surface area (Å²) >= 11 is 0. The minimum absolute atomic E-state index is 0.0198. The van der Waals surface area contributed by atoms with E-state index in [1.54, 1.807) is 18.2 Å². The number of nitrogens with one attached hydrogen (secondary N) is 1. The molecule has 0 saturated heterocycles. The molecule has 1 aromatic carbocycles. The number of benzene rings is 1. The number of rotatable bonds is 4. The Morgan fingerprint density at radius 2 is 1.90 bits per heavy atom. The van der Waals surface area contributed by atoms with E-state index in [9.17, 15) is 14.7 Å². The summed E-state index contributed by atoms with van der Waals surface area (Å²) in [5.74, 6) is -0.509. The zero-order valence-electron chi connectivity index (χ0n) is 17.6. The van der Waals surface area contributed by atoms with Gasteiger partial charge in [0.2, 0.25) is 0 Å². The van der Waals surface area contributed by atoms with Gasteiger partial charge >= 0.3 is 5.97 Å². The van der Waals surface area contributed by atoms with Crippen LogP contribution in [-0.2, 0) is 14.3 Å². The van der Waals surface area contributed by atoms with Gasteiger partial charge in [-0.05, 0) is 63.1 Å². The van der Waals surface area contributed by atoms with Crippen LogP contribution in [0.15, 0.2) is 40.7 Å². The largest absolute Gasteiger partial charge is 0.504 e. The van der Waals surface area contributed by atoms with Crippen molar-refractivity contribution in [3.63, 3.8) is 0 Å². The summed E-state index contributed by atoms with van der Waals surface area (Å²) in [7, 11) is 1.48. The van der Waals surface area contributed by atoms with Gasteiger partial charge < -0.3 is 19.9 Å². The van der Waals surface area contributed by atoms with E-state index in [4.69, 9.17) is 9.47 Å². The maximum Gasteiger partial charge on any atom is 0.337 e. The number of esters is 1. The van der Waals surface area contributed by atoms with Gasteiger partial charge in [-0.2, -0.15) is 0 Å². The SMILES string of the molecule is COc1cc([C@@H]2C(C(=O)OC3CCCCC3)=C(C)NC3=C2C(=O)CCC3)ccc1O. The third kappa shape index (κ3) is 3.83. The second-order valence-electron chi connectivity index (χ2n) is 8.36. The molecule has 2 N–H and O–H groups in total. The molecule has 2 aliphatic carbocycles. The van der Waals surface area contributed by atoms with Crippen molar-refractivity contribution in [2.24, 2.45) is 0 Å². The van der Waals surface area contributed by atoms with Gasteiger partial charge in [-0.3, -0.25) is 4.79 Å². The second kappa shape index (κ2) is 8.54. The smallest absolute Gasteiger partial charge is 0.337 e. The van der Waals surface area contributed by atoms with Crippen LogP contribution in [0.3, 0.4) is 0 Å². The molecule has 1 aromatic rings. The third-order valence-electron chi connectivity index (χ3n) is 6.36. The number of allylic oxidation sites excluding steroid dienone is 3. The van der Waals surface area contributed by atoms with Gasteiger partial charge in [0.25, 0.3) is 0 Å². The Balaban J connectivity index is 1.76. The highest BCUT2D eigenvalue weighted by Crippen LogP contribution is 2.44. The molecule has 0 aromatic heterocycles. The van der Waals surface area contributed by atoms with Gasteiger partial charge in [0.05, 0.1) is 12.7 Å². The summed E-state index contributed by atoms with van der Waals surface area (Å²) in [6.45, 7) is 1.87. The zero-order chi connectivity index (χ0) is 21.3. The first kappa shape index (κ1) is 20.5. The highest BCUT2D eigenvalue weighted by Gasteiger charge is 2.40. The number of hydrogen-bond acceptors (Lipinski definition) is 6. The van der Waals surface area contributed by atoms with E-state index < -0.39 is 5.92 Å². The fourth-order valence-corrected chi connectivity index (χ4v) is 4.86. The molecule has 0 spiro atoms. The van der Waals surface area contributed by atoms with Crippen LogP contribution in [0.4, 0.5) is 0 Å². The van der Waals surface area contributed by atoms with Crippen molar-refractivity contribution >= 4 is 11.8 Å². The molecule has 4 rings (SSSR count). The number of carbonyl (C=O) groups is 2. The van der Waals surface area contributed by atoms with Gasteiger partial charge in [0.15, 0.2) is 17.3 Å². The van der Waals surface area contributed by atoms with Crippen LogP contribution < -0.4 is 10.1 Å². The van der Waals surface area contributed by atoms with Crippen LogP contribution in [0.5, 0.6) is 11.5 Å². The number of Topliss-reactive ketones (excluding diaryl/α,β-unsaturated/α-hetero) is 1. The Labute approximate surface area is 176 Å². The lowest BCUT2D eigenvalue weighted by Crippen LogP contribution is -2.35. The quantitative estimate of drug-likeness (QED) is 0.721. The molecule has 0 amide bonds. The Morgan fingerprint density at radius 3 is 2.63 bits per heavy atom. The lowest BCUT2D eigenvalue weighted by Gasteiger charge is -2.35. The van der Waals surface area contributed by atoms with Crippen LogP contribution in [0, 0.1) is 0 Å². The predicted molar refractivity (Wildman–Crippen MR) is 112 cm³/mol. The number of ketones is 1.